The van der Waals surface area contributed by atoms with Crippen molar-refractivity contribution in [1.29, 1.82) is 0 Å². The molecule has 1 aliphatic rings. The van der Waals surface area contributed by atoms with E-state index >= 15 is 0 Å². The van der Waals surface area contributed by atoms with E-state index in [0.717, 1.165) is 5.56 Å². The molecule has 0 aromatic heterocycles. The minimum Gasteiger partial charge on any atom is -0.459 e. The van der Waals surface area contributed by atoms with Gasteiger partial charge in [-0.3, -0.25) is 4.79 Å². The summed E-state index contributed by atoms with van der Waals surface area (Å²) in [6.45, 7) is 4.29. The topological polar surface area (TPSA) is 84.0 Å². The van der Waals surface area contributed by atoms with Gasteiger partial charge in [0.05, 0.1) is 11.5 Å². The molecule has 1 heterocycles. The number of carbonyl (C=O) groups is 2. The lowest BCUT2D eigenvalue weighted by Gasteiger charge is -2.33. The molecule has 7 nitrogen and oxygen atoms in total. The largest absolute Gasteiger partial charge is 0.459 e. The Hall–Kier alpha value is -1.93. The molecule has 1 aromatic rings. The second-order valence-electron chi connectivity index (χ2n) is 5.23. The van der Waals surface area contributed by atoms with E-state index in [1.165, 1.54) is 9.21 Å². The van der Waals surface area contributed by atoms with E-state index in [4.69, 9.17) is 0 Å². The third-order valence-corrected chi connectivity index (χ3v) is 5.55. The first-order valence-corrected chi connectivity index (χ1v) is 8.83. The van der Waals surface area contributed by atoms with Crippen LogP contribution in [0, 0.1) is 6.92 Å². The van der Waals surface area contributed by atoms with Gasteiger partial charge in [-0.05, 0) is 26.0 Å². The van der Waals surface area contributed by atoms with Gasteiger partial charge in [0.1, 0.15) is 0 Å². The maximum atomic E-state index is 12.5. The van der Waals surface area contributed by atoms with Crippen molar-refractivity contribution < 1.29 is 22.7 Å². The van der Waals surface area contributed by atoms with E-state index in [9.17, 15) is 18.0 Å². The predicted octanol–water partition coefficient (Wildman–Crippen LogP) is 0.391. The Morgan fingerprint density at radius 2 is 1.65 bits per heavy atom. The average Bonchev–Trinajstić information content (AvgIpc) is 2.55. The van der Waals surface area contributed by atoms with Crippen molar-refractivity contribution in [3.63, 3.8) is 0 Å². The van der Waals surface area contributed by atoms with Gasteiger partial charge in [-0.1, -0.05) is 17.7 Å². The Morgan fingerprint density at radius 1 is 1.09 bits per heavy atom. The fourth-order valence-corrected chi connectivity index (χ4v) is 3.73. The third-order valence-electron chi connectivity index (χ3n) is 3.63. The van der Waals surface area contributed by atoms with Gasteiger partial charge in [-0.2, -0.15) is 4.31 Å². The van der Waals surface area contributed by atoms with Gasteiger partial charge in [0.2, 0.25) is 10.0 Å². The summed E-state index contributed by atoms with van der Waals surface area (Å²) < 4.78 is 31.1. The van der Waals surface area contributed by atoms with E-state index in [0.29, 0.717) is 0 Å². The lowest BCUT2D eigenvalue weighted by Crippen LogP contribution is -2.52. The highest BCUT2D eigenvalue weighted by Gasteiger charge is 2.32. The predicted molar refractivity (Wildman–Crippen MR) is 83.2 cm³/mol. The molecule has 0 bridgehead atoms. The first-order valence-electron chi connectivity index (χ1n) is 7.39. The molecule has 0 unspecified atom stereocenters. The highest BCUT2D eigenvalue weighted by molar-refractivity contribution is 7.89. The molecule has 126 valence electrons. The number of nitrogens with zero attached hydrogens (tertiary/aromatic N) is 2. The molecule has 23 heavy (non-hydrogen) atoms. The van der Waals surface area contributed by atoms with Crippen LogP contribution in [0.5, 0.6) is 0 Å². The molecule has 8 heteroatoms. The van der Waals surface area contributed by atoms with Crippen molar-refractivity contribution in [2.24, 2.45) is 0 Å². The van der Waals surface area contributed by atoms with Crippen LogP contribution in [0.4, 0.5) is 0 Å². The van der Waals surface area contributed by atoms with E-state index in [1.54, 1.807) is 31.2 Å². The standard InChI is InChI=1S/C15H20N2O5S/c1-3-22-15(19)14(18)16-8-10-17(11-9-16)23(20,21)13-6-4-12(2)5-7-13/h4-7H,3,8-11H2,1-2H3. The van der Waals surface area contributed by atoms with Crippen LogP contribution in [0.2, 0.25) is 0 Å². The van der Waals surface area contributed by atoms with Crippen LogP contribution in [0.15, 0.2) is 29.2 Å². The van der Waals surface area contributed by atoms with Gasteiger partial charge in [0.15, 0.2) is 0 Å². The number of sulfonamides is 1. The van der Waals surface area contributed by atoms with Crippen molar-refractivity contribution in [2.75, 3.05) is 32.8 Å². The first kappa shape index (κ1) is 17.4. The molecule has 0 aliphatic carbocycles. The zero-order chi connectivity index (χ0) is 17.0. The summed E-state index contributed by atoms with van der Waals surface area (Å²) in [6.07, 6.45) is 0. The van der Waals surface area contributed by atoms with Crippen molar-refractivity contribution in [3.8, 4) is 0 Å². The zero-order valence-corrected chi connectivity index (χ0v) is 14.0. The Bertz CT molecular complexity index is 676. The van der Waals surface area contributed by atoms with Crippen molar-refractivity contribution in [3.05, 3.63) is 29.8 Å². The quantitative estimate of drug-likeness (QED) is 0.587. The summed E-state index contributed by atoms with van der Waals surface area (Å²) in [4.78, 5) is 24.8. The maximum Gasteiger partial charge on any atom is 0.397 e. The number of aryl methyl sites for hydroxylation is 1. The molecule has 0 saturated carbocycles. The zero-order valence-electron chi connectivity index (χ0n) is 13.2. The number of ether oxygens (including phenoxy) is 1. The molecule has 0 atom stereocenters. The van der Waals surface area contributed by atoms with Gasteiger partial charge in [-0.15, -0.1) is 0 Å². The summed E-state index contributed by atoms with van der Waals surface area (Å²) >= 11 is 0. The van der Waals surface area contributed by atoms with Gasteiger partial charge >= 0.3 is 11.9 Å². The number of benzene rings is 1. The van der Waals surface area contributed by atoms with Crippen LogP contribution in [0.1, 0.15) is 12.5 Å². The minimum atomic E-state index is -3.58. The van der Waals surface area contributed by atoms with Crippen molar-refractivity contribution in [2.45, 2.75) is 18.7 Å². The number of hydrogen-bond acceptors (Lipinski definition) is 5. The number of esters is 1. The highest BCUT2D eigenvalue weighted by atomic mass is 32.2. The normalized spacial score (nSPS) is 16.2. The van der Waals surface area contributed by atoms with E-state index < -0.39 is 21.9 Å². The van der Waals surface area contributed by atoms with Gasteiger partial charge < -0.3 is 9.64 Å². The number of rotatable bonds is 3. The first-order chi connectivity index (χ1) is 10.9. The lowest BCUT2D eigenvalue weighted by atomic mass is 10.2. The van der Waals surface area contributed by atoms with Crippen molar-refractivity contribution >= 4 is 21.9 Å². The molecule has 2 rings (SSSR count). The molecule has 1 saturated heterocycles. The molecule has 1 aromatic carbocycles. The number of carbonyl (C=O) groups excluding carboxylic acids is 2. The van der Waals surface area contributed by atoms with Crippen LogP contribution in [0.3, 0.4) is 0 Å². The molecule has 1 aliphatic heterocycles. The number of amides is 1. The smallest absolute Gasteiger partial charge is 0.397 e. The average molecular weight is 340 g/mol. The van der Waals surface area contributed by atoms with Gasteiger partial charge in [-0.25, -0.2) is 13.2 Å². The highest BCUT2D eigenvalue weighted by Crippen LogP contribution is 2.18. The molecule has 1 fully saturated rings. The summed E-state index contributed by atoms with van der Waals surface area (Å²) in [5.41, 5.74) is 0.980. The summed E-state index contributed by atoms with van der Waals surface area (Å²) in [7, 11) is -3.58. The third kappa shape index (κ3) is 3.89. The molecule has 1 amide bonds. The Labute approximate surface area is 135 Å². The van der Waals surface area contributed by atoms with Crippen molar-refractivity contribution in [1.82, 2.24) is 9.21 Å². The number of piperazine rings is 1. The Balaban J connectivity index is 2.02. The van der Waals surface area contributed by atoms with E-state index in [-0.39, 0.29) is 37.7 Å². The molecular weight excluding hydrogens is 320 g/mol. The molecular formula is C15H20N2O5S. The van der Waals surface area contributed by atoms with Crippen LogP contribution >= 0.6 is 0 Å². The monoisotopic (exact) mass is 340 g/mol. The lowest BCUT2D eigenvalue weighted by molar-refractivity contribution is -0.160. The Kier molecular flexibility index (Phi) is 5.38. The van der Waals surface area contributed by atoms with E-state index in [2.05, 4.69) is 4.74 Å². The van der Waals surface area contributed by atoms with Crippen LogP contribution in [0.25, 0.3) is 0 Å². The summed E-state index contributed by atoms with van der Waals surface area (Å²) in [5.74, 6) is -1.62. The Morgan fingerprint density at radius 3 is 2.17 bits per heavy atom. The van der Waals surface area contributed by atoms with Gasteiger partial charge in [0.25, 0.3) is 0 Å². The molecule has 0 spiro atoms. The summed E-state index contributed by atoms with van der Waals surface area (Å²) in [6, 6.07) is 6.63. The molecule has 0 N–H and O–H groups in total. The molecule has 0 radical (unpaired) electrons. The van der Waals surface area contributed by atoms with Crippen LogP contribution in [-0.2, 0) is 24.3 Å². The second-order valence-corrected chi connectivity index (χ2v) is 7.17. The van der Waals surface area contributed by atoms with Crippen LogP contribution < -0.4 is 0 Å². The van der Waals surface area contributed by atoms with Crippen LogP contribution in [-0.4, -0.2) is 62.3 Å². The van der Waals surface area contributed by atoms with E-state index in [1.807, 2.05) is 6.92 Å². The number of hydrogen-bond donors (Lipinski definition) is 0. The fourth-order valence-electron chi connectivity index (χ4n) is 2.31. The maximum absolute atomic E-state index is 12.5. The SMILES string of the molecule is CCOC(=O)C(=O)N1CCN(S(=O)(=O)c2ccc(C)cc2)CC1. The fraction of sp³-hybridized carbons (Fsp3) is 0.467. The minimum absolute atomic E-state index is 0.131. The summed E-state index contributed by atoms with van der Waals surface area (Å²) in [5, 5.41) is 0. The van der Waals surface area contributed by atoms with Gasteiger partial charge in [0, 0.05) is 26.2 Å². The second kappa shape index (κ2) is 7.10.